The molecule has 0 bridgehead atoms. The number of carbonyl (C=O) groups excluding carboxylic acids is 1. The molecule has 2 aromatic carbocycles. The molecule has 0 radical (unpaired) electrons. The fraction of sp³-hybridized carbons (Fsp3) is 0.316. The molecule has 1 N–H and O–H groups in total. The highest BCUT2D eigenvalue weighted by Gasteiger charge is 2.14. The van der Waals surface area contributed by atoms with Gasteiger partial charge in [-0.05, 0) is 37.5 Å². The highest BCUT2D eigenvalue weighted by atomic mass is 16.7. The SMILES string of the molecule is C[C@H](CCc1ccccc1)NC(=O)COc1ccc2c(c1)OCO2. The number of hydrogen-bond acceptors (Lipinski definition) is 4. The molecule has 1 atom stereocenters. The third-order valence-electron chi connectivity index (χ3n) is 3.83. The molecule has 1 amide bonds. The maximum Gasteiger partial charge on any atom is 0.258 e. The van der Waals surface area contributed by atoms with Crippen molar-refractivity contribution < 1.29 is 19.0 Å². The minimum absolute atomic E-state index is 0.0185. The number of rotatable bonds is 7. The van der Waals surface area contributed by atoms with Gasteiger partial charge in [0.2, 0.25) is 6.79 Å². The molecule has 5 nitrogen and oxygen atoms in total. The van der Waals surface area contributed by atoms with Gasteiger partial charge in [-0.25, -0.2) is 0 Å². The first-order valence-corrected chi connectivity index (χ1v) is 8.06. The van der Waals surface area contributed by atoms with Gasteiger partial charge >= 0.3 is 0 Å². The predicted octanol–water partition coefficient (Wildman–Crippen LogP) is 2.93. The van der Waals surface area contributed by atoms with Gasteiger partial charge < -0.3 is 19.5 Å². The third-order valence-corrected chi connectivity index (χ3v) is 3.83. The smallest absolute Gasteiger partial charge is 0.258 e. The van der Waals surface area contributed by atoms with E-state index in [1.165, 1.54) is 5.56 Å². The van der Waals surface area contributed by atoms with Gasteiger partial charge in [0.25, 0.3) is 5.91 Å². The summed E-state index contributed by atoms with van der Waals surface area (Å²) in [4.78, 5) is 12.0. The Morgan fingerprint density at radius 3 is 2.79 bits per heavy atom. The zero-order valence-electron chi connectivity index (χ0n) is 13.7. The fourth-order valence-electron chi connectivity index (χ4n) is 2.53. The zero-order chi connectivity index (χ0) is 16.8. The second-order valence-corrected chi connectivity index (χ2v) is 5.80. The van der Waals surface area contributed by atoms with Gasteiger partial charge in [0, 0.05) is 12.1 Å². The summed E-state index contributed by atoms with van der Waals surface area (Å²) in [5.74, 6) is 1.80. The van der Waals surface area contributed by atoms with Crippen LogP contribution in [0.3, 0.4) is 0 Å². The fourth-order valence-corrected chi connectivity index (χ4v) is 2.53. The van der Waals surface area contributed by atoms with E-state index in [0.29, 0.717) is 17.2 Å². The van der Waals surface area contributed by atoms with Crippen LogP contribution in [-0.4, -0.2) is 25.3 Å². The van der Waals surface area contributed by atoms with Crippen LogP contribution in [0.4, 0.5) is 0 Å². The molecule has 1 aliphatic heterocycles. The van der Waals surface area contributed by atoms with E-state index in [-0.39, 0.29) is 25.3 Å². The Kier molecular flexibility index (Phi) is 5.21. The van der Waals surface area contributed by atoms with Crippen molar-refractivity contribution in [1.82, 2.24) is 5.32 Å². The summed E-state index contributed by atoms with van der Waals surface area (Å²) in [5.41, 5.74) is 1.27. The first-order valence-electron chi connectivity index (χ1n) is 8.06. The van der Waals surface area contributed by atoms with Crippen molar-refractivity contribution in [3.63, 3.8) is 0 Å². The van der Waals surface area contributed by atoms with Crippen LogP contribution in [0.2, 0.25) is 0 Å². The molecule has 0 saturated heterocycles. The number of hydrogen-bond donors (Lipinski definition) is 1. The largest absolute Gasteiger partial charge is 0.484 e. The number of carbonyl (C=O) groups is 1. The molecule has 0 aromatic heterocycles. The Hall–Kier alpha value is -2.69. The topological polar surface area (TPSA) is 56.8 Å². The van der Waals surface area contributed by atoms with Gasteiger partial charge in [-0.2, -0.15) is 0 Å². The monoisotopic (exact) mass is 327 g/mol. The van der Waals surface area contributed by atoms with Crippen molar-refractivity contribution in [2.45, 2.75) is 25.8 Å². The molecule has 1 heterocycles. The van der Waals surface area contributed by atoms with E-state index in [2.05, 4.69) is 17.4 Å². The maximum atomic E-state index is 12.0. The highest BCUT2D eigenvalue weighted by molar-refractivity contribution is 5.77. The summed E-state index contributed by atoms with van der Waals surface area (Å²) < 4.78 is 16.0. The summed E-state index contributed by atoms with van der Waals surface area (Å²) in [6.07, 6.45) is 1.82. The lowest BCUT2D eigenvalue weighted by Gasteiger charge is -2.14. The van der Waals surface area contributed by atoms with Crippen LogP contribution in [0.15, 0.2) is 48.5 Å². The van der Waals surface area contributed by atoms with E-state index in [1.807, 2.05) is 25.1 Å². The van der Waals surface area contributed by atoms with Crippen molar-refractivity contribution >= 4 is 5.91 Å². The highest BCUT2D eigenvalue weighted by Crippen LogP contribution is 2.34. The number of nitrogens with one attached hydrogen (secondary N) is 1. The van der Waals surface area contributed by atoms with E-state index in [1.54, 1.807) is 18.2 Å². The van der Waals surface area contributed by atoms with Gasteiger partial charge in [-0.1, -0.05) is 30.3 Å². The van der Waals surface area contributed by atoms with Crippen molar-refractivity contribution in [3.8, 4) is 17.2 Å². The van der Waals surface area contributed by atoms with Crippen molar-refractivity contribution in [1.29, 1.82) is 0 Å². The third kappa shape index (κ3) is 4.41. The molecule has 2 aromatic rings. The average Bonchev–Trinajstić information content (AvgIpc) is 3.07. The Morgan fingerprint density at radius 1 is 1.17 bits per heavy atom. The van der Waals surface area contributed by atoms with Crippen LogP contribution in [-0.2, 0) is 11.2 Å². The molecule has 0 fully saturated rings. The predicted molar refractivity (Wildman–Crippen MR) is 90.4 cm³/mol. The minimum Gasteiger partial charge on any atom is -0.484 e. The van der Waals surface area contributed by atoms with Crippen LogP contribution in [0.25, 0.3) is 0 Å². The Labute approximate surface area is 141 Å². The summed E-state index contributed by atoms with van der Waals surface area (Å²) in [5, 5.41) is 2.95. The Morgan fingerprint density at radius 2 is 1.96 bits per heavy atom. The lowest BCUT2D eigenvalue weighted by atomic mass is 10.1. The number of fused-ring (bicyclic) bond motifs is 1. The number of aryl methyl sites for hydroxylation is 1. The standard InChI is InChI=1S/C19H21NO4/c1-14(7-8-15-5-3-2-4-6-15)20-19(21)12-22-16-9-10-17-18(11-16)24-13-23-17/h2-6,9-11,14H,7-8,12-13H2,1H3,(H,20,21)/t14-/m1/s1. The zero-order valence-corrected chi connectivity index (χ0v) is 13.7. The molecule has 126 valence electrons. The van der Waals surface area contributed by atoms with E-state index >= 15 is 0 Å². The molecular formula is C19H21NO4. The van der Waals surface area contributed by atoms with E-state index in [0.717, 1.165) is 12.8 Å². The van der Waals surface area contributed by atoms with Gasteiger partial charge in [0.05, 0.1) is 0 Å². The van der Waals surface area contributed by atoms with Crippen LogP contribution in [0.1, 0.15) is 18.9 Å². The minimum atomic E-state index is -0.131. The Bertz CT molecular complexity index is 687. The summed E-state index contributed by atoms with van der Waals surface area (Å²) in [6.45, 7) is 2.20. The van der Waals surface area contributed by atoms with Gasteiger partial charge in [-0.15, -0.1) is 0 Å². The van der Waals surface area contributed by atoms with Crippen LogP contribution in [0, 0.1) is 0 Å². The normalized spacial score (nSPS) is 13.4. The molecule has 0 spiro atoms. The summed E-state index contributed by atoms with van der Waals surface area (Å²) in [6, 6.07) is 15.6. The van der Waals surface area contributed by atoms with Crippen LogP contribution < -0.4 is 19.5 Å². The summed E-state index contributed by atoms with van der Waals surface area (Å²) >= 11 is 0. The molecular weight excluding hydrogens is 306 g/mol. The van der Waals surface area contributed by atoms with Gasteiger partial charge in [-0.3, -0.25) is 4.79 Å². The van der Waals surface area contributed by atoms with E-state index < -0.39 is 0 Å². The number of benzene rings is 2. The average molecular weight is 327 g/mol. The molecule has 0 saturated carbocycles. The summed E-state index contributed by atoms with van der Waals surface area (Å²) in [7, 11) is 0. The quantitative estimate of drug-likeness (QED) is 0.849. The lowest BCUT2D eigenvalue weighted by Crippen LogP contribution is -2.36. The molecule has 0 unspecified atom stereocenters. The van der Waals surface area contributed by atoms with Gasteiger partial charge in [0.1, 0.15) is 5.75 Å². The second-order valence-electron chi connectivity index (χ2n) is 5.80. The number of amides is 1. The first kappa shape index (κ1) is 16.2. The molecule has 3 rings (SSSR count). The first-order chi connectivity index (χ1) is 11.7. The second kappa shape index (κ2) is 7.73. The van der Waals surface area contributed by atoms with E-state index in [4.69, 9.17) is 14.2 Å². The van der Waals surface area contributed by atoms with Crippen LogP contribution in [0.5, 0.6) is 17.2 Å². The van der Waals surface area contributed by atoms with Gasteiger partial charge in [0.15, 0.2) is 18.1 Å². The molecule has 1 aliphatic rings. The molecule has 0 aliphatic carbocycles. The van der Waals surface area contributed by atoms with Crippen LogP contribution >= 0.6 is 0 Å². The van der Waals surface area contributed by atoms with E-state index in [9.17, 15) is 4.79 Å². The lowest BCUT2D eigenvalue weighted by molar-refractivity contribution is -0.123. The molecule has 24 heavy (non-hydrogen) atoms. The van der Waals surface area contributed by atoms with Crippen molar-refractivity contribution in [2.75, 3.05) is 13.4 Å². The number of ether oxygens (including phenoxy) is 3. The van der Waals surface area contributed by atoms with Crippen molar-refractivity contribution in [2.24, 2.45) is 0 Å². The van der Waals surface area contributed by atoms with Crippen molar-refractivity contribution in [3.05, 3.63) is 54.1 Å². The maximum absolute atomic E-state index is 12.0. The molecule has 5 heteroatoms. The Balaban J connectivity index is 1.40.